The summed E-state index contributed by atoms with van der Waals surface area (Å²) < 4.78 is 0. The van der Waals surface area contributed by atoms with Crippen LogP contribution in [0.2, 0.25) is 0 Å². The first-order valence-electron chi connectivity index (χ1n) is 7.08. The summed E-state index contributed by atoms with van der Waals surface area (Å²) in [6.07, 6.45) is 0. The molecule has 0 bridgehead atoms. The van der Waals surface area contributed by atoms with Crippen molar-refractivity contribution in [2.75, 3.05) is 6.54 Å². The number of nitrogens with zero attached hydrogens (tertiary/aromatic N) is 1. The van der Waals surface area contributed by atoms with Gasteiger partial charge in [-0.25, -0.2) is 0 Å². The normalized spacial score (nSPS) is 11.8. The van der Waals surface area contributed by atoms with Gasteiger partial charge in [0, 0.05) is 25.2 Å². The molecule has 1 rings (SSSR count). The van der Waals surface area contributed by atoms with Gasteiger partial charge in [-0.05, 0) is 31.5 Å². The topological polar surface area (TPSA) is 15.3 Å². The van der Waals surface area contributed by atoms with Gasteiger partial charge in [-0.1, -0.05) is 45.0 Å². The van der Waals surface area contributed by atoms with Crippen molar-refractivity contribution in [2.24, 2.45) is 0 Å². The lowest BCUT2D eigenvalue weighted by Crippen LogP contribution is -2.30. The van der Waals surface area contributed by atoms with E-state index in [9.17, 15) is 0 Å². The molecule has 0 aromatic heterocycles. The highest BCUT2D eigenvalue weighted by Gasteiger charge is 2.07. The van der Waals surface area contributed by atoms with Crippen LogP contribution in [-0.2, 0) is 13.1 Å². The average Bonchev–Trinajstić information content (AvgIpc) is 2.33. The van der Waals surface area contributed by atoms with Crippen LogP contribution in [0.4, 0.5) is 0 Å². The SMILES string of the molecule is CCN(Cc1cccc(CNC(C)C)c1)C(C)C. The lowest BCUT2D eigenvalue weighted by Gasteiger charge is -2.25. The molecule has 0 saturated carbocycles. The van der Waals surface area contributed by atoms with Crippen molar-refractivity contribution in [1.82, 2.24) is 10.2 Å². The standard InChI is InChI=1S/C16H28N2/c1-6-18(14(4)5)12-16-9-7-8-15(10-16)11-17-13(2)3/h7-10,13-14,17H,6,11-12H2,1-5H3. The van der Waals surface area contributed by atoms with Crippen molar-refractivity contribution in [3.05, 3.63) is 35.4 Å². The van der Waals surface area contributed by atoms with Crippen LogP contribution in [0.1, 0.15) is 45.7 Å². The fourth-order valence-corrected chi connectivity index (χ4v) is 2.05. The second-order valence-electron chi connectivity index (χ2n) is 5.51. The van der Waals surface area contributed by atoms with Gasteiger partial charge in [-0.3, -0.25) is 4.90 Å². The van der Waals surface area contributed by atoms with Crippen molar-refractivity contribution < 1.29 is 0 Å². The smallest absolute Gasteiger partial charge is 0.0236 e. The molecule has 1 N–H and O–H groups in total. The molecular formula is C16H28N2. The van der Waals surface area contributed by atoms with Crippen LogP contribution in [-0.4, -0.2) is 23.5 Å². The van der Waals surface area contributed by atoms with Crippen LogP contribution < -0.4 is 5.32 Å². The molecule has 102 valence electrons. The molecule has 1 aromatic carbocycles. The predicted octanol–water partition coefficient (Wildman–Crippen LogP) is 3.41. The number of hydrogen-bond acceptors (Lipinski definition) is 2. The van der Waals surface area contributed by atoms with Crippen molar-refractivity contribution in [2.45, 2.75) is 59.8 Å². The maximum Gasteiger partial charge on any atom is 0.0236 e. The Labute approximate surface area is 112 Å². The summed E-state index contributed by atoms with van der Waals surface area (Å²) in [6.45, 7) is 14.2. The van der Waals surface area contributed by atoms with E-state index in [0.29, 0.717) is 12.1 Å². The summed E-state index contributed by atoms with van der Waals surface area (Å²) in [7, 11) is 0. The number of benzene rings is 1. The van der Waals surface area contributed by atoms with Crippen molar-refractivity contribution in [3.63, 3.8) is 0 Å². The molecule has 0 heterocycles. The summed E-state index contributed by atoms with van der Waals surface area (Å²) >= 11 is 0. The summed E-state index contributed by atoms with van der Waals surface area (Å²) in [4.78, 5) is 2.48. The Morgan fingerprint density at radius 2 is 1.78 bits per heavy atom. The van der Waals surface area contributed by atoms with E-state index in [2.05, 4.69) is 69.1 Å². The maximum absolute atomic E-state index is 3.47. The minimum Gasteiger partial charge on any atom is -0.310 e. The highest BCUT2D eigenvalue weighted by Crippen LogP contribution is 2.10. The highest BCUT2D eigenvalue weighted by atomic mass is 15.1. The van der Waals surface area contributed by atoms with Crippen LogP contribution in [0.5, 0.6) is 0 Å². The molecule has 18 heavy (non-hydrogen) atoms. The van der Waals surface area contributed by atoms with E-state index in [0.717, 1.165) is 19.6 Å². The second kappa shape index (κ2) is 7.55. The van der Waals surface area contributed by atoms with Crippen LogP contribution in [0.3, 0.4) is 0 Å². The van der Waals surface area contributed by atoms with E-state index in [1.807, 2.05) is 0 Å². The lowest BCUT2D eigenvalue weighted by atomic mass is 10.1. The van der Waals surface area contributed by atoms with E-state index in [4.69, 9.17) is 0 Å². The van der Waals surface area contributed by atoms with Gasteiger partial charge < -0.3 is 5.32 Å². The summed E-state index contributed by atoms with van der Waals surface area (Å²) in [6, 6.07) is 10.1. The van der Waals surface area contributed by atoms with Crippen LogP contribution >= 0.6 is 0 Å². The Bertz CT molecular complexity index is 345. The summed E-state index contributed by atoms with van der Waals surface area (Å²) in [5.41, 5.74) is 2.79. The number of nitrogens with one attached hydrogen (secondary N) is 1. The molecular weight excluding hydrogens is 220 g/mol. The first-order valence-corrected chi connectivity index (χ1v) is 7.08. The molecule has 0 atom stereocenters. The van der Waals surface area contributed by atoms with E-state index < -0.39 is 0 Å². The molecule has 0 fully saturated rings. The zero-order valence-electron chi connectivity index (χ0n) is 12.5. The predicted molar refractivity (Wildman–Crippen MR) is 79.6 cm³/mol. The van der Waals surface area contributed by atoms with Crippen molar-refractivity contribution in [3.8, 4) is 0 Å². The van der Waals surface area contributed by atoms with Gasteiger partial charge in [0.2, 0.25) is 0 Å². The van der Waals surface area contributed by atoms with Gasteiger partial charge >= 0.3 is 0 Å². The largest absolute Gasteiger partial charge is 0.310 e. The van der Waals surface area contributed by atoms with E-state index in [1.54, 1.807) is 0 Å². The van der Waals surface area contributed by atoms with E-state index in [1.165, 1.54) is 11.1 Å². The first-order chi connectivity index (χ1) is 8.52. The molecule has 0 unspecified atom stereocenters. The minimum absolute atomic E-state index is 0.538. The molecule has 2 heteroatoms. The van der Waals surface area contributed by atoms with Crippen LogP contribution in [0, 0.1) is 0 Å². The molecule has 2 nitrogen and oxygen atoms in total. The second-order valence-corrected chi connectivity index (χ2v) is 5.51. The third kappa shape index (κ3) is 5.19. The third-order valence-corrected chi connectivity index (χ3v) is 3.23. The summed E-state index contributed by atoms with van der Waals surface area (Å²) in [5.74, 6) is 0. The molecule has 0 aliphatic carbocycles. The van der Waals surface area contributed by atoms with Crippen LogP contribution in [0.15, 0.2) is 24.3 Å². The van der Waals surface area contributed by atoms with Gasteiger partial charge in [-0.15, -0.1) is 0 Å². The molecule has 0 spiro atoms. The average molecular weight is 248 g/mol. The van der Waals surface area contributed by atoms with Gasteiger partial charge in [0.25, 0.3) is 0 Å². The Morgan fingerprint density at radius 3 is 2.33 bits per heavy atom. The Balaban J connectivity index is 2.63. The first kappa shape index (κ1) is 15.2. The molecule has 0 saturated heterocycles. The van der Waals surface area contributed by atoms with E-state index in [-0.39, 0.29) is 0 Å². The fourth-order valence-electron chi connectivity index (χ4n) is 2.05. The highest BCUT2D eigenvalue weighted by molar-refractivity contribution is 5.23. The number of hydrogen-bond donors (Lipinski definition) is 1. The van der Waals surface area contributed by atoms with Gasteiger partial charge in [0.1, 0.15) is 0 Å². The molecule has 0 aliphatic rings. The quantitative estimate of drug-likeness (QED) is 0.795. The third-order valence-electron chi connectivity index (χ3n) is 3.23. The minimum atomic E-state index is 0.538. The van der Waals surface area contributed by atoms with Gasteiger partial charge in [-0.2, -0.15) is 0 Å². The Kier molecular flexibility index (Phi) is 6.37. The van der Waals surface area contributed by atoms with Gasteiger partial charge in [0.15, 0.2) is 0 Å². The van der Waals surface area contributed by atoms with Gasteiger partial charge in [0.05, 0.1) is 0 Å². The molecule has 0 amide bonds. The van der Waals surface area contributed by atoms with E-state index >= 15 is 0 Å². The fraction of sp³-hybridized carbons (Fsp3) is 0.625. The molecule has 0 radical (unpaired) electrons. The lowest BCUT2D eigenvalue weighted by molar-refractivity contribution is 0.225. The molecule has 1 aromatic rings. The van der Waals surface area contributed by atoms with Crippen molar-refractivity contribution in [1.29, 1.82) is 0 Å². The Hall–Kier alpha value is -0.860. The monoisotopic (exact) mass is 248 g/mol. The Morgan fingerprint density at radius 1 is 1.11 bits per heavy atom. The van der Waals surface area contributed by atoms with Crippen molar-refractivity contribution >= 4 is 0 Å². The van der Waals surface area contributed by atoms with Crippen LogP contribution in [0.25, 0.3) is 0 Å². The zero-order valence-corrected chi connectivity index (χ0v) is 12.5. The summed E-state index contributed by atoms with van der Waals surface area (Å²) in [5, 5.41) is 3.47. The zero-order chi connectivity index (χ0) is 13.5. The molecule has 0 aliphatic heterocycles. The number of rotatable bonds is 7. The maximum atomic E-state index is 3.47.